The van der Waals surface area contributed by atoms with Crippen molar-refractivity contribution < 1.29 is 9.90 Å². The zero-order chi connectivity index (χ0) is 11.0. The van der Waals surface area contributed by atoms with E-state index in [1.54, 1.807) is 11.6 Å². The van der Waals surface area contributed by atoms with Crippen LogP contribution in [0.15, 0.2) is 6.20 Å². The number of hydrogen-bond donors (Lipinski definition) is 1. The second-order valence-electron chi connectivity index (χ2n) is 4.34. The summed E-state index contributed by atoms with van der Waals surface area (Å²) in [4.78, 5) is 11.0. The maximum Gasteiger partial charge on any atom is 0.306 e. The molecular weight excluding hydrogens is 192 g/mol. The lowest BCUT2D eigenvalue weighted by molar-refractivity contribution is -0.142. The summed E-state index contributed by atoms with van der Waals surface area (Å²) in [6, 6.07) is 0. The molecule has 0 bridgehead atoms. The van der Waals surface area contributed by atoms with Crippen molar-refractivity contribution >= 4 is 5.97 Å². The number of aromatic nitrogens is 2. The first kappa shape index (κ1) is 10.2. The molecule has 0 aliphatic heterocycles. The van der Waals surface area contributed by atoms with Gasteiger partial charge in [-0.1, -0.05) is 6.92 Å². The summed E-state index contributed by atoms with van der Waals surface area (Å²) in [6.45, 7) is 1.77. The molecule has 1 aliphatic rings. The van der Waals surface area contributed by atoms with Crippen molar-refractivity contribution in [2.45, 2.75) is 32.1 Å². The lowest BCUT2D eigenvalue weighted by Gasteiger charge is -2.24. The Balaban J connectivity index is 2.33. The molecule has 0 saturated heterocycles. The highest BCUT2D eigenvalue weighted by Crippen LogP contribution is 2.35. The van der Waals surface area contributed by atoms with Gasteiger partial charge in [0.1, 0.15) is 0 Å². The van der Waals surface area contributed by atoms with Gasteiger partial charge in [0, 0.05) is 19.2 Å². The molecule has 82 valence electrons. The predicted octanol–water partition coefficient (Wildman–Crippen LogP) is 1.56. The Hall–Kier alpha value is -1.32. The van der Waals surface area contributed by atoms with Crippen LogP contribution in [0.3, 0.4) is 0 Å². The van der Waals surface area contributed by atoms with E-state index in [1.165, 1.54) is 5.56 Å². The molecule has 0 saturated carbocycles. The molecule has 15 heavy (non-hydrogen) atoms. The molecule has 1 heterocycles. The normalized spacial score (nSPS) is 22.1. The van der Waals surface area contributed by atoms with Crippen LogP contribution < -0.4 is 0 Å². The molecule has 4 heteroatoms. The third kappa shape index (κ3) is 1.76. The van der Waals surface area contributed by atoms with Crippen molar-refractivity contribution in [1.29, 1.82) is 0 Å². The zero-order valence-corrected chi connectivity index (χ0v) is 9.10. The van der Waals surface area contributed by atoms with Crippen LogP contribution in [0.2, 0.25) is 0 Å². The summed E-state index contributed by atoms with van der Waals surface area (Å²) in [6.07, 6.45) is 5.06. The highest BCUT2D eigenvalue weighted by atomic mass is 16.4. The Morgan fingerprint density at radius 1 is 1.73 bits per heavy atom. The Kier molecular flexibility index (Phi) is 2.50. The van der Waals surface area contributed by atoms with Crippen LogP contribution in [-0.4, -0.2) is 20.9 Å². The molecular formula is C11H16N2O2. The molecule has 1 N–H and O–H groups in total. The lowest BCUT2D eigenvalue weighted by Crippen LogP contribution is -2.22. The van der Waals surface area contributed by atoms with E-state index >= 15 is 0 Å². The zero-order valence-electron chi connectivity index (χ0n) is 9.10. The second kappa shape index (κ2) is 3.68. The first-order chi connectivity index (χ1) is 7.09. The van der Waals surface area contributed by atoms with Crippen molar-refractivity contribution in [3.05, 3.63) is 17.5 Å². The fraction of sp³-hybridized carbons (Fsp3) is 0.636. The SMILES string of the molecule is CC(C(=O)O)C1CCCc2cn(C)nc21. The maximum absolute atomic E-state index is 11.0. The van der Waals surface area contributed by atoms with Gasteiger partial charge in [-0.25, -0.2) is 0 Å². The topological polar surface area (TPSA) is 55.1 Å². The van der Waals surface area contributed by atoms with Crippen LogP contribution >= 0.6 is 0 Å². The molecule has 4 nitrogen and oxygen atoms in total. The monoisotopic (exact) mass is 208 g/mol. The van der Waals surface area contributed by atoms with Gasteiger partial charge in [-0.15, -0.1) is 0 Å². The van der Waals surface area contributed by atoms with E-state index in [2.05, 4.69) is 5.10 Å². The van der Waals surface area contributed by atoms with Crippen LogP contribution in [-0.2, 0) is 18.3 Å². The van der Waals surface area contributed by atoms with E-state index in [0.717, 1.165) is 25.0 Å². The number of fused-ring (bicyclic) bond motifs is 1. The maximum atomic E-state index is 11.0. The number of rotatable bonds is 2. The summed E-state index contributed by atoms with van der Waals surface area (Å²) >= 11 is 0. The molecule has 1 aromatic heterocycles. The van der Waals surface area contributed by atoms with Crippen LogP contribution in [0.1, 0.15) is 36.9 Å². The fourth-order valence-corrected chi connectivity index (χ4v) is 2.37. The third-order valence-electron chi connectivity index (χ3n) is 3.24. The first-order valence-corrected chi connectivity index (χ1v) is 5.35. The van der Waals surface area contributed by atoms with E-state index in [1.807, 2.05) is 13.2 Å². The quantitative estimate of drug-likeness (QED) is 0.802. The third-order valence-corrected chi connectivity index (χ3v) is 3.24. The average Bonchev–Trinajstić information content (AvgIpc) is 2.56. The van der Waals surface area contributed by atoms with Crippen LogP contribution in [0, 0.1) is 5.92 Å². The summed E-state index contributed by atoms with van der Waals surface area (Å²) in [5.41, 5.74) is 2.22. The minimum Gasteiger partial charge on any atom is -0.481 e. The number of aliphatic carboxylic acids is 1. The minimum atomic E-state index is -0.724. The summed E-state index contributed by atoms with van der Waals surface area (Å²) in [7, 11) is 1.89. The van der Waals surface area contributed by atoms with E-state index in [-0.39, 0.29) is 11.8 Å². The standard InChI is InChI=1S/C11H16N2O2/c1-7(11(14)15)9-5-3-4-8-6-13(2)12-10(8)9/h6-7,9H,3-5H2,1-2H3,(H,14,15). The van der Waals surface area contributed by atoms with E-state index < -0.39 is 5.97 Å². The number of aryl methyl sites for hydroxylation is 2. The van der Waals surface area contributed by atoms with Gasteiger partial charge in [-0.2, -0.15) is 5.10 Å². The van der Waals surface area contributed by atoms with Crippen LogP contribution in [0.25, 0.3) is 0 Å². The Bertz CT molecular complexity index is 384. The molecule has 2 rings (SSSR count). The molecule has 2 unspecified atom stereocenters. The molecule has 0 radical (unpaired) electrons. The molecule has 0 spiro atoms. The van der Waals surface area contributed by atoms with Crippen LogP contribution in [0.4, 0.5) is 0 Å². The molecule has 0 amide bonds. The molecule has 1 aromatic rings. The Morgan fingerprint density at radius 2 is 2.47 bits per heavy atom. The summed E-state index contributed by atoms with van der Waals surface area (Å²) in [5.74, 6) is -0.968. The largest absolute Gasteiger partial charge is 0.481 e. The van der Waals surface area contributed by atoms with Gasteiger partial charge in [0.05, 0.1) is 11.6 Å². The average molecular weight is 208 g/mol. The minimum absolute atomic E-state index is 0.0902. The van der Waals surface area contributed by atoms with E-state index in [0.29, 0.717) is 0 Å². The smallest absolute Gasteiger partial charge is 0.306 e. The highest BCUT2D eigenvalue weighted by Gasteiger charge is 2.31. The van der Waals surface area contributed by atoms with E-state index in [9.17, 15) is 4.79 Å². The molecule has 0 fully saturated rings. The number of carboxylic acids is 1. The lowest BCUT2D eigenvalue weighted by atomic mass is 9.80. The molecule has 1 aliphatic carbocycles. The van der Waals surface area contributed by atoms with Gasteiger partial charge in [0.25, 0.3) is 0 Å². The Morgan fingerprint density at radius 3 is 3.13 bits per heavy atom. The molecule has 2 atom stereocenters. The number of hydrogen-bond acceptors (Lipinski definition) is 2. The van der Waals surface area contributed by atoms with E-state index in [4.69, 9.17) is 5.11 Å². The number of nitrogens with zero attached hydrogens (tertiary/aromatic N) is 2. The van der Waals surface area contributed by atoms with Crippen molar-refractivity contribution in [3.63, 3.8) is 0 Å². The second-order valence-corrected chi connectivity index (χ2v) is 4.34. The number of carboxylic acid groups (broad SMARTS) is 1. The van der Waals surface area contributed by atoms with Gasteiger partial charge < -0.3 is 5.11 Å². The predicted molar refractivity (Wildman–Crippen MR) is 55.7 cm³/mol. The van der Waals surface area contributed by atoms with Gasteiger partial charge in [-0.05, 0) is 24.8 Å². The van der Waals surface area contributed by atoms with Crippen molar-refractivity contribution in [1.82, 2.24) is 9.78 Å². The van der Waals surface area contributed by atoms with Crippen molar-refractivity contribution in [2.75, 3.05) is 0 Å². The Labute approximate surface area is 88.9 Å². The highest BCUT2D eigenvalue weighted by molar-refractivity contribution is 5.71. The van der Waals surface area contributed by atoms with Crippen molar-refractivity contribution in [2.24, 2.45) is 13.0 Å². The summed E-state index contributed by atoms with van der Waals surface area (Å²) < 4.78 is 1.79. The van der Waals surface area contributed by atoms with Gasteiger partial charge >= 0.3 is 5.97 Å². The summed E-state index contributed by atoms with van der Waals surface area (Å²) in [5, 5.41) is 13.4. The van der Waals surface area contributed by atoms with Gasteiger partial charge in [0.2, 0.25) is 0 Å². The van der Waals surface area contributed by atoms with Crippen molar-refractivity contribution in [3.8, 4) is 0 Å². The number of carbonyl (C=O) groups is 1. The fourth-order valence-electron chi connectivity index (χ4n) is 2.37. The molecule has 0 aromatic carbocycles. The van der Waals surface area contributed by atoms with Crippen LogP contribution in [0.5, 0.6) is 0 Å². The van der Waals surface area contributed by atoms with Gasteiger partial charge in [-0.3, -0.25) is 9.48 Å². The van der Waals surface area contributed by atoms with Gasteiger partial charge in [0.15, 0.2) is 0 Å². The first-order valence-electron chi connectivity index (χ1n) is 5.35.